The monoisotopic (exact) mass is 305 g/mol. The summed E-state index contributed by atoms with van der Waals surface area (Å²) >= 11 is 5.15. The van der Waals surface area contributed by atoms with Crippen molar-refractivity contribution in [3.8, 4) is 0 Å². The van der Waals surface area contributed by atoms with E-state index >= 15 is 0 Å². The van der Waals surface area contributed by atoms with E-state index in [-0.39, 0.29) is 11.5 Å². The molecule has 0 bridgehead atoms. The number of aryl methyl sites for hydroxylation is 1. The largest absolute Gasteiger partial charge is 0.332 e. The number of non-ortho nitro benzene ring substituents is 1. The van der Waals surface area contributed by atoms with Gasteiger partial charge in [0.15, 0.2) is 5.11 Å². The lowest BCUT2D eigenvalue weighted by molar-refractivity contribution is -0.384. The second-order valence-corrected chi connectivity index (χ2v) is 4.75. The Morgan fingerprint density at radius 3 is 2.43 bits per heavy atom. The van der Waals surface area contributed by atoms with Crippen LogP contribution < -0.4 is 10.6 Å². The summed E-state index contributed by atoms with van der Waals surface area (Å²) in [5.74, 6) is -0.328. The predicted molar refractivity (Wildman–Crippen MR) is 84.1 cm³/mol. The summed E-state index contributed by atoms with van der Waals surface area (Å²) in [5.41, 5.74) is 2.04. The van der Waals surface area contributed by atoms with Crippen LogP contribution in [0.15, 0.2) is 42.5 Å². The van der Waals surface area contributed by atoms with Crippen molar-refractivity contribution in [3.63, 3.8) is 0 Å². The van der Waals surface area contributed by atoms with Crippen LogP contribution in [-0.4, -0.2) is 10.0 Å². The van der Waals surface area contributed by atoms with Crippen LogP contribution in [0.1, 0.15) is 5.56 Å². The quantitative estimate of drug-likeness (QED) is 0.512. The molecule has 2 N–H and O–H groups in total. The fraction of sp³-hybridized carbons (Fsp3) is 0.0714. The van der Waals surface area contributed by atoms with Gasteiger partial charge in [0.1, 0.15) is 5.82 Å². The lowest BCUT2D eigenvalue weighted by Crippen LogP contribution is -2.19. The summed E-state index contributed by atoms with van der Waals surface area (Å²) in [4.78, 5) is 10.2. The Morgan fingerprint density at radius 1 is 1.19 bits per heavy atom. The van der Waals surface area contributed by atoms with E-state index in [2.05, 4.69) is 10.6 Å². The maximum atomic E-state index is 12.8. The van der Waals surface area contributed by atoms with Crippen LogP contribution in [0.2, 0.25) is 0 Å². The molecule has 7 heteroatoms. The minimum atomic E-state index is -0.453. The summed E-state index contributed by atoms with van der Waals surface area (Å²) < 4.78 is 12.8. The van der Waals surface area contributed by atoms with E-state index < -0.39 is 4.92 Å². The van der Waals surface area contributed by atoms with Gasteiger partial charge in [0.25, 0.3) is 5.69 Å². The molecule has 0 saturated heterocycles. The molecule has 0 unspecified atom stereocenters. The Kier molecular flexibility index (Phi) is 4.44. The maximum absolute atomic E-state index is 12.8. The fourth-order valence-corrected chi connectivity index (χ4v) is 1.95. The number of hydrogen-bond donors (Lipinski definition) is 2. The topological polar surface area (TPSA) is 67.2 Å². The molecule has 2 aromatic carbocycles. The zero-order chi connectivity index (χ0) is 15.4. The van der Waals surface area contributed by atoms with Crippen molar-refractivity contribution in [2.75, 3.05) is 10.6 Å². The van der Waals surface area contributed by atoms with Gasteiger partial charge in [-0.1, -0.05) is 0 Å². The molecule has 0 fully saturated rings. The van der Waals surface area contributed by atoms with Gasteiger partial charge in [-0.25, -0.2) is 4.39 Å². The summed E-state index contributed by atoms with van der Waals surface area (Å²) in [5, 5.41) is 16.8. The highest BCUT2D eigenvalue weighted by Gasteiger charge is 2.09. The molecule has 5 nitrogen and oxygen atoms in total. The zero-order valence-corrected chi connectivity index (χ0v) is 11.9. The number of rotatable bonds is 3. The Morgan fingerprint density at radius 2 is 1.86 bits per heavy atom. The zero-order valence-electron chi connectivity index (χ0n) is 11.1. The number of hydrogen-bond acceptors (Lipinski definition) is 3. The van der Waals surface area contributed by atoms with Crippen LogP contribution in [0.25, 0.3) is 0 Å². The first-order valence-electron chi connectivity index (χ1n) is 6.04. The normalized spacial score (nSPS) is 10.0. The number of nitrogens with one attached hydrogen (secondary N) is 2. The SMILES string of the molecule is Cc1cc([N+](=O)[O-])ccc1NC(=S)Nc1ccc(F)cc1. The van der Waals surface area contributed by atoms with Gasteiger partial charge in [-0.3, -0.25) is 10.1 Å². The number of nitro groups is 1. The predicted octanol–water partition coefficient (Wildman–Crippen LogP) is 3.85. The summed E-state index contributed by atoms with van der Waals surface area (Å²) in [7, 11) is 0. The van der Waals surface area contributed by atoms with Crippen molar-refractivity contribution in [1.82, 2.24) is 0 Å². The molecule has 0 heterocycles. The maximum Gasteiger partial charge on any atom is 0.269 e. The van der Waals surface area contributed by atoms with E-state index in [1.807, 2.05) is 0 Å². The first-order chi connectivity index (χ1) is 9.95. The molecule has 2 rings (SSSR count). The molecule has 0 aromatic heterocycles. The van der Waals surface area contributed by atoms with Crippen LogP contribution in [-0.2, 0) is 0 Å². The van der Waals surface area contributed by atoms with Crippen LogP contribution in [0.4, 0.5) is 21.5 Å². The van der Waals surface area contributed by atoms with E-state index in [4.69, 9.17) is 12.2 Å². The third kappa shape index (κ3) is 3.96. The van der Waals surface area contributed by atoms with Crippen molar-refractivity contribution in [1.29, 1.82) is 0 Å². The van der Waals surface area contributed by atoms with Gasteiger partial charge in [-0.05, 0) is 55.0 Å². The van der Waals surface area contributed by atoms with E-state index in [0.29, 0.717) is 22.1 Å². The van der Waals surface area contributed by atoms with Gasteiger partial charge < -0.3 is 10.6 Å². The van der Waals surface area contributed by atoms with Crippen molar-refractivity contribution in [2.45, 2.75) is 6.92 Å². The fourth-order valence-electron chi connectivity index (χ4n) is 1.72. The highest BCUT2D eigenvalue weighted by Crippen LogP contribution is 2.21. The van der Waals surface area contributed by atoms with Crippen LogP contribution >= 0.6 is 12.2 Å². The Labute approximate surface area is 125 Å². The Bertz CT molecular complexity index is 689. The summed E-state index contributed by atoms with van der Waals surface area (Å²) in [6.45, 7) is 1.75. The smallest absolute Gasteiger partial charge is 0.269 e. The third-order valence-corrected chi connectivity index (χ3v) is 2.98. The molecule has 0 spiro atoms. The molecule has 108 valence electrons. The van der Waals surface area contributed by atoms with Gasteiger partial charge in [0, 0.05) is 23.5 Å². The molecule has 0 radical (unpaired) electrons. The number of benzene rings is 2. The molecule has 0 aliphatic heterocycles. The van der Waals surface area contributed by atoms with Crippen molar-refractivity contribution in [3.05, 3.63) is 64.0 Å². The van der Waals surface area contributed by atoms with E-state index in [1.165, 1.54) is 24.3 Å². The van der Waals surface area contributed by atoms with Gasteiger partial charge >= 0.3 is 0 Å². The van der Waals surface area contributed by atoms with Crippen molar-refractivity contribution < 1.29 is 9.31 Å². The van der Waals surface area contributed by atoms with Crippen LogP contribution in [0.3, 0.4) is 0 Å². The standard InChI is InChI=1S/C14H12FN3O2S/c1-9-8-12(18(19)20)6-7-13(9)17-14(21)16-11-4-2-10(15)3-5-11/h2-8H,1H3,(H2,16,17,21). The Hall–Kier alpha value is -2.54. The molecule has 0 saturated carbocycles. The molecule has 0 amide bonds. The van der Waals surface area contributed by atoms with Gasteiger partial charge in [-0.15, -0.1) is 0 Å². The molecule has 0 atom stereocenters. The number of nitrogens with zero attached hydrogens (tertiary/aromatic N) is 1. The average molecular weight is 305 g/mol. The highest BCUT2D eigenvalue weighted by atomic mass is 32.1. The number of nitro benzene ring substituents is 1. The van der Waals surface area contributed by atoms with Crippen molar-refractivity contribution in [2.24, 2.45) is 0 Å². The van der Waals surface area contributed by atoms with Gasteiger partial charge in [0.05, 0.1) is 4.92 Å². The molecule has 2 aromatic rings. The van der Waals surface area contributed by atoms with Crippen LogP contribution in [0.5, 0.6) is 0 Å². The van der Waals surface area contributed by atoms with Gasteiger partial charge in [0.2, 0.25) is 0 Å². The Balaban J connectivity index is 2.06. The number of anilines is 2. The van der Waals surface area contributed by atoms with E-state index in [1.54, 1.807) is 25.1 Å². The minimum absolute atomic E-state index is 0.0236. The molecule has 0 aliphatic rings. The van der Waals surface area contributed by atoms with Crippen LogP contribution in [0, 0.1) is 22.9 Å². The molecular weight excluding hydrogens is 293 g/mol. The molecular formula is C14H12FN3O2S. The van der Waals surface area contributed by atoms with Crippen molar-refractivity contribution >= 4 is 34.4 Å². The lowest BCUT2D eigenvalue weighted by Gasteiger charge is -2.12. The second-order valence-electron chi connectivity index (χ2n) is 4.34. The number of halogens is 1. The van der Waals surface area contributed by atoms with E-state index in [0.717, 1.165) is 0 Å². The second kappa shape index (κ2) is 6.27. The third-order valence-electron chi connectivity index (χ3n) is 2.77. The molecule has 0 aliphatic carbocycles. The minimum Gasteiger partial charge on any atom is -0.332 e. The first-order valence-corrected chi connectivity index (χ1v) is 6.45. The number of thiocarbonyl (C=S) groups is 1. The first kappa shape index (κ1) is 14.9. The average Bonchev–Trinajstić information content (AvgIpc) is 2.43. The lowest BCUT2D eigenvalue weighted by atomic mass is 10.2. The summed E-state index contributed by atoms with van der Waals surface area (Å²) in [6, 6.07) is 10.2. The molecule has 21 heavy (non-hydrogen) atoms. The highest BCUT2D eigenvalue weighted by molar-refractivity contribution is 7.80. The van der Waals surface area contributed by atoms with Gasteiger partial charge in [-0.2, -0.15) is 0 Å². The van der Waals surface area contributed by atoms with E-state index in [9.17, 15) is 14.5 Å². The summed E-state index contributed by atoms with van der Waals surface area (Å²) in [6.07, 6.45) is 0.